The molecular formula is C34H67NO6S. The molecule has 0 aromatic rings. The maximum atomic E-state index is 13.1. The van der Waals surface area contributed by atoms with Crippen molar-refractivity contribution < 1.29 is 27.3 Å². The van der Waals surface area contributed by atoms with Gasteiger partial charge in [0.05, 0.1) is 13.0 Å². The average Bonchev–Trinajstić information content (AvgIpc) is 2.95. The van der Waals surface area contributed by atoms with Crippen molar-refractivity contribution in [2.75, 3.05) is 19.7 Å². The number of hydrogen-bond acceptors (Lipinski definition) is 5. The fourth-order valence-corrected chi connectivity index (χ4v) is 6.00. The standard InChI is InChI=1S/C34H67NO6S/c1-4-7-10-13-14-15-16-17-18-19-20-21-22-23-24-26-29-35(28-25-11-8-5-2)33(36)31-32(42(38,39)40)34(37)41-30-27-12-9-6-3/h32H,4-31H2,1-3H3,(H,38,39,40). The molecule has 0 aliphatic heterocycles. The number of carbonyl (C=O) groups excluding carboxylic acids is 2. The van der Waals surface area contributed by atoms with E-state index in [-0.39, 0.29) is 6.61 Å². The Balaban J connectivity index is 4.40. The monoisotopic (exact) mass is 617 g/mol. The third-order valence-corrected chi connectivity index (χ3v) is 9.22. The Labute approximate surface area is 260 Å². The van der Waals surface area contributed by atoms with E-state index in [1.807, 2.05) is 0 Å². The summed E-state index contributed by atoms with van der Waals surface area (Å²) in [6.07, 6.45) is 27.5. The van der Waals surface area contributed by atoms with Crippen LogP contribution in [0.2, 0.25) is 0 Å². The SMILES string of the molecule is CCCCCCCCCCCCCCCCCCN(CCCCCC)C(=O)CC(C(=O)OCCCCCC)S(=O)(=O)O. The quantitative estimate of drug-likeness (QED) is 0.0472. The van der Waals surface area contributed by atoms with Crippen molar-refractivity contribution >= 4 is 22.0 Å². The van der Waals surface area contributed by atoms with E-state index in [0.717, 1.165) is 64.2 Å². The van der Waals surface area contributed by atoms with E-state index < -0.39 is 33.7 Å². The van der Waals surface area contributed by atoms with Crippen molar-refractivity contribution in [3.63, 3.8) is 0 Å². The van der Waals surface area contributed by atoms with Gasteiger partial charge in [0.15, 0.2) is 5.25 Å². The fourth-order valence-electron chi connectivity index (χ4n) is 5.33. The molecule has 0 aliphatic rings. The van der Waals surface area contributed by atoms with Crippen LogP contribution in [0.5, 0.6) is 0 Å². The Morgan fingerprint density at radius 2 is 0.905 bits per heavy atom. The molecule has 0 bridgehead atoms. The van der Waals surface area contributed by atoms with Crippen molar-refractivity contribution in [1.82, 2.24) is 4.90 Å². The molecule has 0 spiro atoms. The number of amides is 1. The largest absolute Gasteiger partial charge is 0.465 e. The molecule has 0 saturated carbocycles. The lowest BCUT2D eigenvalue weighted by molar-refractivity contribution is -0.146. The first kappa shape index (κ1) is 40.9. The van der Waals surface area contributed by atoms with Gasteiger partial charge in [-0.15, -0.1) is 0 Å². The topological polar surface area (TPSA) is 101 Å². The average molecular weight is 618 g/mol. The molecule has 1 unspecified atom stereocenters. The Hall–Kier alpha value is -1.15. The first-order chi connectivity index (χ1) is 20.3. The Bertz CT molecular complexity index is 742. The van der Waals surface area contributed by atoms with Crippen molar-refractivity contribution in [2.45, 2.75) is 187 Å². The molecule has 1 N–H and O–H groups in total. The third-order valence-electron chi connectivity index (χ3n) is 8.14. The van der Waals surface area contributed by atoms with Crippen LogP contribution in [0.4, 0.5) is 0 Å². The van der Waals surface area contributed by atoms with E-state index in [9.17, 15) is 22.6 Å². The summed E-state index contributed by atoms with van der Waals surface area (Å²) in [7, 11) is -4.74. The lowest BCUT2D eigenvalue weighted by Crippen LogP contribution is -2.40. The lowest BCUT2D eigenvalue weighted by Gasteiger charge is -2.24. The van der Waals surface area contributed by atoms with Crippen LogP contribution >= 0.6 is 0 Å². The van der Waals surface area contributed by atoms with E-state index in [1.54, 1.807) is 4.90 Å². The van der Waals surface area contributed by atoms with Crippen LogP contribution < -0.4 is 0 Å². The molecule has 1 atom stereocenters. The van der Waals surface area contributed by atoms with Gasteiger partial charge in [0.2, 0.25) is 5.91 Å². The van der Waals surface area contributed by atoms with Crippen molar-refractivity contribution in [3.05, 3.63) is 0 Å². The Morgan fingerprint density at radius 1 is 0.571 bits per heavy atom. The number of hydrogen-bond donors (Lipinski definition) is 1. The minimum atomic E-state index is -4.74. The van der Waals surface area contributed by atoms with Crippen molar-refractivity contribution in [3.8, 4) is 0 Å². The predicted molar refractivity (Wildman–Crippen MR) is 175 cm³/mol. The van der Waals surface area contributed by atoms with Gasteiger partial charge in [-0.1, -0.05) is 156 Å². The Kier molecular flexibility index (Phi) is 27.8. The zero-order valence-electron chi connectivity index (χ0n) is 27.7. The summed E-state index contributed by atoms with van der Waals surface area (Å²) >= 11 is 0. The summed E-state index contributed by atoms with van der Waals surface area (Å²) in [5, 5.41) is -1.86. The number of unbranched alkanes of at least 4 members (excludes halogenated alkanes) is 21. The predicted octanol–water partition coefficient (Wildman–Crippen LogP) is 9.43. The molecule has 0 heterocycles. The second-order valence-electron chi connectivity index (χ2n) is 12.2. The number of carbonyl (C=O) groups is 2. The number of rotatable bonds is 31. The Morgan fingerprint density at radius 3 is 1.29 bits per heavy atom. The maximum Gasteiger partial charge on any atom is 0.327 e. The van der Waals surface area contributed by atoms with Gasteiger partial charge in [0.25, 0.3) is 10.1 Å². The second-order valence-corrected chi connectivity index (χ2v) is 13.8. The van der Waals surface area contributed by atoms with Gasteiger partial charge in [0.1, 0.15) is 0 Å². The van der Waals surface area contributed by atoms with Gasteiger partial charge in [-0.05, 0) is 19.3 Å². The van der Waals surface area contributed by atoms with E-state index in [0.29, 0.717) is 19.5 Å². The molecule has 0 rings (SSSR count). The normalized spacial score (nSPS) is 12.4. The van der Waals surface area contributed by atoms with Gasteiger partial charge in [-0.3, -0.25) is 14.1 Å². The highest BCUT2D eigenvalue weighted by Crippen LogP contribution is 2.16. The first-order valence-electron chi connectivity index (χ1n) is 17.7. The summed E-state index contributed by atoms with van der Waals surface area (Å²) in [6, 6.07) is 0. The van der Waals surface area contributed by atoms with Crippen LogP contribution in [0.15, 0.2) is 0 Å². The molecule has 8 heteroatoms. The van der Waals surface area contributed by atoms with Crippen LogP contribution in [-0.4, -0.2) is 54.7 Å². The van der Waals surface area contributed by atoms with Gasteiger partial charge in [-0.25, -0.2) is 0 Å². The number of ether oxygens (including phenoxy) is 1. The van der Waals surface area contributed by atoms with Gasteiger partial charge < -0.3 is 9.64 Å². The highest BCUT2D eigenvalue weighted by atomic mass is 32.2. The third kappa shape index (κ3) is 24.3. The van der Waals surface area contributed by atoms with Crippen LogP contribution in [0.1, 0.15) is 181 Å². The van der Waals surface area contributed by atoms with Crippen LogP contribution in [0.25, 0.3) is 0 Å². The molecule has 1 amide bonds. The van der Waals surface area contributed by atoms with E-state index in [1.165, 1.54) is 83.5 Å². The molecule has 0 fully saturated rings. The maximum absolute atomic E-state index is 13.1. The molecule has 0 radical (unpaired) electrons. The molecule has 0 aliphatic carbocycles. The zero-order valence-corrected chi connectivity index (χ0v) is 28.5. The molecule has 7 nitrogen and oxygen atoms in total. The van der Waals surface area contributed by atoms with E-state index in [2.05, 4.69) is 20.8 Å². The lowest BCUT2D eigenvalue weighted by atomic mass is 10.0. The van der Waals surface area contributed by atoms with Gasteiger partial charge in [-0.2, -0.15) is 8.42 Å². The minimum Gasteiger partial charge on any atom is -0.465 e. The van der Waals surface area contributed by atoms with E-state index in [4.69, 9.17) is 4.74 Å². The van der Waals surface area contributed by atoms with Crippen LogP contribution in [-0.2, 0) is 24.4 Å². The zero-order chi connectivity index (χ0) is 31.3. The second kappa shape index (κ2) is 28.6. The van der Waals surface area contributed by atoms with Crippen molar-refractivity contribution in [1.29, 1.82) is 0 Å². The molecular weight excluding hydrogens is 550 g/mol. The number of esters is 1. The summed E-state index contributed by atoms with van der Waals surface area (Å²) in [6.45, 7) is 7.65. The molecule has 0 aromatic heterocycles. The minimum absolute atomic E-state index is 0.0962. The summed E-state index contributed by atoms with van der Waals surface area (Å²) in [5.41, 5.74) is 0. The molecule has 250 valence electrons. The van der Waals surface area contributed by atoms with Gasteiger partial charge in [0, 0.05) is 13.1 Å². The summed E-state index contributed by atoms with van der Waals surface area (Å²) in [4.78, 5) is 27.3. The highest BCUT2D eigenvalue weighted by molar-refractivity contribution is 7.87. The summed E-state index contributed by atoms with van der Waals surface area (Å²) in [5.74, 6) is -1.44. The molecule has 0 saturated heterocycles. The number of nitrogens with zero attached hydrogens (tertiary/aromatic N) is 1. The van der Waals surface area contributed by atoms with Crippen molar-refractivity contribution in [2.24, 2.45) is 0 Å². The summed E-state index contributed by atoms with van der Waals surface area (Å²) < 4.78 is 38.7. The smallest absolute Gasteiger partial charge is 0.327 e. The molecule has 42 heavy (non-hydrogen) atoms. The van der Waals surface area contributed by atoms with Crippen LogP contribution in [0, 0.1) is 0 Å². The highest BCUT2D eigenvalue weighted by Gasteiger charge is 2.36. The van der Waals surface area contributed by atoms with E-state index >= 15 is 0 Å². The fraction of sp³-hybridized carbons (Fsp3) is 0.941. The first-order valence-corrected chi connectivity index (χ1v) is 19.2. The van der Waals surface area contributed by atoms with Gasteiger partial charge >= 0.3 is 5.97 Å². The molecule has 0 aromatic carbocycles. The van der Waals surface area contributed by atoms with Crippen LogP contribution in [0.3, 0.4) is 0 Å².